The van der Waals surface area contributed by atoms with E-state index < -0.39 is 7.14 Å². The number of furan rings is 1. The molecule has 2 N–H and O–H groups in total. The van der Waals surface area contributed by atoms with Crippen molar-refractivity contribution in [1.29, 1.82) is 0 Å². The molecule has 234 valence electrons. The van der Waals surface area contributed by atoms with Crippen LogP contribution in [0.3, 0.4) is 0 Å². The Labute approximate surface area is 262 Å². The van der Waals surface area contributed by atoms with Crippen LogP contribution in [0.25, 0.3) is 22.2 Å². The normalized spacial score (nSPS) is 13.6. The first-order valence-electron chi connectivity index (χ1n) is 15.0. The molecule has 0 spiro atoms. The van der Waals surface area contributed by atoms with Gasteiger partial charge in [0.05, 0.1) is 38.0 Å². The largest absolute Gasteiger partial charge is 0.460 e. The molecule has 45 heavy (non-hydrogen) atoms. The molecule has 3 heterocycles. The zero-order valence-electron chi connectivity index (χ0n) is 25.8. The number of hydrogen-bond donors (Lipinski definition) is 2. The van der Waals surface area contributed by atoms with E-state index in [1.807, 2.05) is 49.5 Å². The number of aromatic nitrogens is 2. The van der Waals surface area contributed by atoms with Gasteiger partial charge in [0, 0.05) is 49.5 Å². The SMILES string of the molecule is CN1Cc2cc(Nc3ncnc4ccc(-c5ccc(CN(CCO)CCP(C)(C)=O)o5)cc34)ccc2N1Cc1cccc(F)c1. The second-order valence-corrected chi connectivity index (χ2v) is 15.6. The van der Waals surface area contributed by atoms with Crippen LogP contribution in [0, 0.1) is 5.82 Å². The highest BCUT2D eigenvalue weighted by molar-refractivity contribution is 7.62. The molecule has 9 nitrogen and oxygen atoms in total. The van der Waals surface area contributed by atoms with Gasteiger partial charge in [-0.3, -0.25) is 4.90 Å². The van der Waals surface area contributed by atoms with Gasteiger partial charge >= 0.3 is 0 Å². The molecule has 0 saturated carbocycles. The number of nitrogens with zero attached hydrogens (tertiary/aromatic N) is 5. The number of benzene rings is 3. The van der Waals surface area contributed by atoms with Gasteiger partial charge in [0.2, 0.25) is 0 Å². The van der Waals surface area contributed by atoms with Crippen LogP contribution < -0.4 is 10.3 Å². The van der Waals surface area contributed by atoms with Crippen molar-refractivity contribution >= 4 is 35.2 Å². The quantitative estimate of drug-likeness (QED) is 0.149. The van der Waals surface area contributed by atoms with E-state index in [9.17, 15) is 14.1 Å². The van der Waals surface area contributed by atoms with Gasteiger partial charge in [0.15, 0.2) is 0 Å². The van der Waals surface area contributed by atoms with E-state index in [4.69, 9.17) is 4.42 Å². The standard InChI is InChI=1S/C34H38FN6O3P/c1-39-21-26-18-28(8-11-32(26)41(39)20-24-5-4-6-27(35)17-24)38-34-30-19-25(7-10-31(30)36-23-37-34)33-12-9-29(44-33)22-40(13-15-42)14-16-45(2,3)43/h4-12,17-19,23,42H,13-16,20-22H2,1-3H3,(H,36,37,38). The number of aliphatic hydroxyl groups excluding tert-OH is 1. The number of nitrogens with one attached hydrogen (secondary N) is 1. The average Bonchev–Trinajstić information content (AvgIpc) is 3.59. The summed E-state index contributed by atoms with van der Waals surface area (Å²) in [7, 11) is -0.124. The summed E-state index contributed by atoms with van der Waals surface area (Å²) in [5.41, 5.74) is 5.78. The number of hydrazine groups is 1. The molecular weight excluding hydrogens is 590 g/mol. The Morgan fingerprint density at radius 3 is 2.71 bits per heavy atom. The zero-order chi connectivity index (χ0) is 31.6. The molecule has 0 radical (unpaired) electrons. The van der Waals surface area contributed by atoms with Gasteiger partial charge in [0.1, 0.15) is 29.5 Å². The lowest BCUT2D eigenvalue weighted by atomic mass is 10.1. The zero-order valence-corrected chi connectivity index (χ0v) is 26.7. The number of aliphatic hydroxyl groups is 1. The van der Waals surface area contributed by atoms with Crippen molar-refractivity contribution in [2.24, 2.45) is 0 Å². The average molecular weight is 629 g/mol. The number of rotatable bonds is 12. The molecule has 0 bridgehead atoms. The minimum atomic E-state index is -2.16. The highest BCUT2D eigenvalue weighted by atomic mass is 31.2. The molecule has 6 rings (SSSR count). The molecule has 2 aromatic heterocycles. The van der Waals surface area contributed by atoms with Gasteiger partial charge < -0.3 is 24.4 Å². The van der Waals surface area contributed by atoms with E-state index in [2.05, 4.69) is 42.3 Å². The fourth-order valence-corrected chi connectivity index (χ4v) is 6.41. The summed E-state index contributed by atoms with van der Waals surface area (Å²) in [6, 6.07) is 22.8. The summed E-state index contributed by atoms with van der Waals surface area (Å²) in [6.45, 7) is 6.57. The Balaban J connectivity index is 1.20. The van der Waals surface area contributed by atoms with Gasteiger partial charge in [-0.15, -0.1) is 0 Å². The highest BCUT2D eigenvalue weighted by Gasteiger charge is 2.25. The number of fused-ring (bicyclic) bond motifs is 2. The Hall–Kier alpha value is -4.08. The number of anilines is 3. The lowest BCUT2D eigenvalue weighted by molar-refractivity contribution is 0.188. The third-order valence-corrected chi connectivity index (χ3v) is 9.26. The van der Waals surface area contributed by atoms with Crippen LogP contribution in [-0.4, -0.2) is 71.2 Å². The Morgan fingerprint density at radius 1 is 1.04 bits per heavy atom. The summed E-state index contributed by atoms with van der Waals surface area (Å²) in [6.07, 6.45) is 2.15. The lowest BCUT2D eigenvalue weighted by Crippen LogP contribution is -2.33. The summed E-state index contributed by atoms with van der Waals surface area (Å²) in [5.74, 6) is 1.96. The lowest BCUT2D eigenvalue weighted by Gasteiger charge is -2.27. The second kappa shape index (κ2) is 13.1. The molecule has 0 unspecified atom stereocenters. The predicted octanol–water partition coefficient (Wildman–Crippen LogP) is 6.56. The third kappa shape index (κ3) is 7.43. The molecule has 0 fully saturated rings. The monoisotopic (exact) mass is 628 g/mol. The van der Waals surface area contributed by atoms with Crippen molar-refractivity contribution in [3.63, 3.8) is 0 Å². The van der Waals surface area contributed by atoms with Crippen LogP contribution in [0.4, 0.5) is 21.6 Å². The Bertz CT molecular complexity index is 1860. The van der Waals surface area contributed by atoms with E-state index in [1.165, 1.54) is 6.07 Å². The van der Waals surface area contributed by atoms with Gasteiger partial charge in [-0.25, -0.2) is 19.4 Å². The first kappa shape index (κ1) is 30.9. The molecule has 11 heteroatoms. The Morgan fingerprint density at radius 2 is 1.91 bits per heavy atom. The van der Waals surface area contributed by atoms with Gasteiger partial charge in [-0.1, -0.05) is 12.1 Å². The molecule has 0 amide bonds. The maximum Gasteiger partial charge on any atom is 0.141 e. The second-order valence-electron chi connectivity index (χ2n) is 12.0. The topological polar surface area (TPSA) is 98.0 Å². The van der Waals surface area contributed by atoms with Gasteiger partial charge in [-0.2, -0.15) is 0 Å². The van der Waals surface area contributed by atoms with Crippen LogP contribution in [0.15, 0.2) is 83.5 Å². The van der Waals surface area contributed by atoms with E-state index >= 15 is 0 Å². The van der Waals surface area contributed by atoms with E-state index in [0.717, 1.165) is 57.0 Å². The molecule has 5 aromatic rings. The van der Waals surface area contributed by atoms with E-state index in [0.29, 0.717) is 38.2 Å². The van der Waals surface area contributed by atoms with Crippen molar-refractivity contribution in [3.8, 4) is 11.3 Å². The van der Waals surface area contributed by atoms with Crippen LogP contribution in [0.1, 0.15) is 16.9 Å². The third-order valence-electron chi connectivity index (χ3n) is 7.98. The van der Waals surface area contributed by atoms with Crippen molar-refractivity contribution in [2.75, 3.05) is 56.6 Å². The van der Waals surface area contributed by atoms with Crippen LogP contribution in [-0.2, 0) is 24.2 Å². The highest BCUT2D eigenvalue weighted by Crippen LogP contribution is 2.37. The summed E-state index contributed by atoms with van der Waals surface area (Å²) in [5, 5.41) is 18.2. The molecule has 1 aliphatic heterocycles. The molecule has 0 saturated heterocycles. The van der Waals surface area contributed by atoms with Crippen LogP contribution >= 0.6 is 7.14 Å². The van der Waals surface area contributed by atoms with Crippen molar-refractivity contribution in [3.05, 3.63) is 102 Å². The Kier molecular flexibility index (Phi) is 9.01. The molecular formula is C34H38FN6O3P. The molecule has 1 aliphatic rings. The maximum atomic E-state index is 13.8. The van der Waals surface area contributed by atoms with Gasteiger partial charge in [0.25, 0.3) is 0 Å². The molecule has 0 aliphatic carbocycles. The van der Waals surface area contributed by atoms with Crippen LogP contribution in [0.2, 0.25) is 0 Å². The van der Waals surface area contributed by atoms with Crippen molar-refractivity contribution in [2.45, 2.75) is 19.6 Å². The first-order valence-corrected chi connectivity index (χ1v) is 17.8. The van der Waals surface area contributed by atoms with Crippen molar-refractivity contribution < 1.29 is 18.5 Å². The maximum absolute atomic E-state index is 13.8. The fraction of sp³-hybridized carbons (Fsp3) is 0.294. The van der Waals surface area contributed by atoms with E-state index in [-0.39, 0.29) is 12.4 Å². The number of hydrogen-bond acceptors (Lipinski definition) is 9. The summed E-state index contributed by atoms with van der Waals surface area (Å²) >= 11 is 0. The van der Waals surface area contributed by atoms with E-state index in [1.54, 1.807) is 31.8 Å². The molecule has 0 atom stereocenters. The summed E-state index contributed by atoms with van der Waals surface area (Å²) in [4.78, 5) is 11.1. The minimum absolute atomic E-state index is 0.0276. The summed E-state index contributed by atoms with van der Waals surface area (Å²) < 4.78 is 32.2. The van der Waals surface area contributed by atoms with Crippen LogP contribution in [0.5, 0.6) is 0 Å². The smallest absolute Gasteiger partial charge is 0.141 e. The first-order chi connectivity index (χ1) is 21.6. The minimum Gasteiger partial charge on any atom is -0.460 e. The molecule has 3 aromatic carbocycles. The predicted molar refractivity (Wildman–Crippen MR) is 178 cm³/mol. The van der Waals surface area contributed by atoms with Crippen molar-refractivity contribution in [1.82, 2.24) is 19.9 Å². The fourth-order valence-electron chi connectivity index (χ4n) is 5.65. The number of halogens is 1. The van der Waals surface area contributed by atoms with Gasteiger partial charge in [-0.05, 0) is 85.1 Å².